The van der Waals surface area contributed by atoms with Crippen molar-refractivity contribution in [2.24, 2.45) is 28.6 Å². The summed E-state index contributed by atoms with van der Waals surface area (Å²) in [5.41, 5.74) is -1.17. The number of β-amino-alcohol motifs (C(OH)–C–C–N with tert-alkyl or cyclic N) is 1. The van der Waals surface area contributed by atoms with Crippen LogP contribution in [0.25, 0.3) is 0 Å². The van der Waals surface area contributed by atoms with Crippen molar-refractivity contribution in [3.63, 3.8) is 0 Å². The topological polar surface area (TPSA) is 139 Å². The Labute approximate surface area is 253 Å². The molecule has 1 aromatic rings. The predicted octanol–water partition coefficient (Wildman–Crippen LogP) is 3.58. The molecule has 6 rings (SSSR count). The van der Waals surface area contributed by atoms with Gasteiger partial charge in [-0.25, -0.2) is 9.59 Å². The van der Waals surface area contributed by atoms with Gasteiger partial charge in [-0.2, -0.15) is 0 Å². The zero-order valence-corrected chi connectivity index (χ0v) is 25.8. The number of carbonyl (C=O) groups is 2. The van der Waals surface area contributed by atoms with Crippen molar-refractivity contribution >= 4 is 12.1 Å². The first kappa shape index (κ1) is 30.6. The molecule has 43 heavy (non-hydrogen) atoms. The lowest BCUT2D eigenvalue weighted by Crippen LogP contribution is -2.62. The molecule has 0 spiro atoms. The van der Waals surface area contributed by atoms with Gasteiger partial charge >= 0.3 is 17.7 Å². The van der Waals surface area contributed by atoms with Crippen molar-refractivity contribution in [3.8, 4) is 0 Å². The molecule has 0 aromatic carbocycles. The maximum atomic E-state index is 12.7. The number of aliphatic hydroxyl groups excluding tert-OH is 1. The number of nitrogens with zero attached hydrogens (tertiary/aromatic N) is 1. The third-order valence-electron chi connectivity index (χ3n) is 12.4. The third kappa shape index (κ3) is 5.41. The average Bonchev–Trinajstić information content (AvgIpc) is 3.46. The van der Waals surface area contributed by atoms with E-state index < -0.39 is 22.7 Å². The fraction of sp³-hybridized carbons (Fsp3) is 0.788. The van der Waals surface area contributed by atoms with Crippen molar-refractivity contribution in [2.45, 2.75) is 108 Å². The first-order valence-electron chi connectivity index (χ1n) is 16.3. The molecule has 1 amide bonds. The van der Waals surface area contributed by atoms with Gasteiger partial charge < -0.3 is 29.4 Å². The number of esters is 1. The highest BCUT2D eigenvalue weighted by molar-refractivity contribution is 5.67. The normalized spacial score (nSPS) is 42.4. The van der Waals surface area contributed by atoms with Crippen LogP contribution in [-0.2, 0) is 14.3 Å². The Morgan fingerprint density at radius 2 is 1.91 bits per heavy atom. The second kappa shape index (κ2) is 11.5. The summed E-state index contributed by atoms with van der Waals surface area (Å²) in [6.07, 6.45) is 7.54. The van der Waals surface area contributed by atoms with E-state index in [9.17, 15) is 24.6 Å². The lowest BCUT2D eigenvalue weighted by atomic mass is 9.43. The summed E-state index contributed by atoms with van der Waals surface area (Å²) in [6.45, 7) is 8.64. The number of carbonyl (C=O) groups excluding carboxylic acids is 2. The third-order valence-corrected chi connectivity index (χ3v) is 12.4. The molecule has 1 aliphatic heterocycles. The van der Waals surface area contributed by atoms with Gasteiger partial charge in [0.05, 0.1) is 18.0 Å². The summed E-state index contributed by atoms with van der Waals surface area (Å²) < 4.78 is 17.0. The number of ether oxygens (including phenoxy) is 2. The maximum absolute atomic E-state index is 12.7. The molecule has 5 fully saturated rings. The Balaban J connectivity index is 1.13. The lowest BCUT2D eigenvalue weighted by Gasteiger charge is -2.63. The molecular weight excluding hydrogens is 552 g/mol. The van der Waals surface area contributed by atoms with Gasteiger partial charge in [0, 0.05) is 56.9 Å². The van der Waals surface area contributed by atoms with E-state index in [0.29, 0.717) is 37.9 Å². The number of hydrogen-bond donors (Lipinski definition) is 3. The fourth-order valence-corrected chi connectivity index (χ4v) is 10.3. The number of alkyl carbamates (subject to hydrolysis) is 1. The predicted molar refractivity (Wildman–Crippen MR) is 157 cm³/mol. The number of likely N-dealkylation sites (tertiary alicyclic amines) is 1. The van der Waals surface area contributed by atoms with E-state index >= 15 is 0 Å². The first-order chi connectivity index (χ1) is 20.4. The van der Waals surface area contributed by atoms with Crippen LogP contribution in [0, 0.1) is 28.6 Å². The summed E-state index contributed by atoms with van der Waals surface area (Å²) in [4.78, 5) is 38.6. The number of aliphatic hydroxyl groups is 2. The number of amides is 1. The Hall–Kier alpha value is -2.43. The molecule has 4 saturated carbocycles. The molecule has 3 N–H and O–H groups in total. The molecule has 10 atom stereocenters. The Bertz CT molecular complexity index is 1250. The van der Waals surface area contributed by atoms with Crippen LogP contribution >= 0.6 is 0 Å². The molecule has 10 nitrogen and oxygen atoms in total. The molecule has 1 aromatic heterocycles. The minimum Gasteiger partial charge on any atom is -0.462 e. The summed E-state index contributed by atoms with van der Waals surface area (Å²) in [5, 5.41) is 25.3. The highest BCUT2D eigenvalue weighted by Crippen LogP contribution is 2.71. The average molecular weight is 601 g/mol. The van der Waals surface area contributed by atoms with Crippen LogP contribution < -0.4 is 10.9 Å². The van der Waals surface area contributed by atoms with Crippen molar-refractivity contribution in [1.82, 2.24) is 10.2 Å². The highest BCUT2D eigenvalue weighted by Gasteiger charge is 2.70. The Morgan fingerprint density at radius 3 is 2.60 bits per heavy atom. The standard InChI is InChI=1S/C33H48N2O8/c1-20(36)42-27-17-33(40)26-6-5-22-16-24(43-30(39)34-13-15-35-14-10-23(37)18-35)8-11-31(22,2)25(26)9-12-32(33,3)29(27)21-4-7-28(38)41-19-21/h4,7,19,22-27,29,37,40H,5-6,8-18H2,1-3H3,(H,34,39). The molecule has 10 heteroatoms. The number of fused-ring (bicyclic) bond motifs is 5. The monoisotopic (exact) mass is 600 g/mol. The van der Waals surface area contributed by atoms with Crippen molar-refractivity contribution in [2.75, 3.05) is 26.2 Å². The molecule has 0 radical (unpaired) electrons. The quantitative estimate of drug-likeness (QED) is 0.418. The molecule has 0 bridgehead atoms. The molecule has 4 aliphatic carbocycles. The van der Waals surface area contributed by atoms with Gasteiger partial charge in [-0.15, -0.1) is 0 Å². The first-order valence-corrected chi connectivity index (χ1v) is 16.3. The highest BCUT2D eigenvalue weighted by atomic mass is 16.6. The van der Waals surface area contributed by atoms with Crippen molar-refractivity contribution in [3.05, 3.63) is 34.4 Å². The van der Waals surface area contributed by atoms with E-state index in [4.69, 9.17) is 13.9 Å². The van der Waals surface area contributed by atoms with E-state index in [1.165, 1.54) is 19.3 Å². The van der Waals surface area contributed by atoms with Gasteiger partial charge in [0.2, 0.25) is 0 Å². The lowest BCUT2D eigenvalue weighted by molar-refractivity contribution is -0.205. The second-order valence-corrected chi connectivity index (χ2v) is 14.6. The van der Waals surface area contributed by atoms with Crippen LogP contribution in [0.4, 0.5) is 4.79 Å². The van der Waals surface area contributed by atoms with Crippen LogP contribution in [0.5, 0.6) is 0 Å². The van der Waals surface area contributed by atoms with E-state index in [2.05, 4.69) is 24.1 Å². The minimum absolute atomic E-state index is 0.0292. The molecule has 10 unspecified atom stereocenters. The molecule has 2 heterocycles. The van der Waals surface area contributed by atoms with Crippen LogP contribution in [0.15, 0.2) is 27.6 Å². The molecule has 1 saturated heterocycles. The van der Waals surface area contributed by atoms with Gasteiger partial charge in [-0.1, -0.05) is 13.8 Å². The van der Waals surface area contributed by atoms with Gasteiger partial charge in [-0.3, -0.25) is 9.69 Å². The van der Waals surface area contributed by atoms with Crippen LogP contribution in [0.2, 0.25) is 0 Å². The Morgan fingerprint density at radius 1 is 1.09 bits per heavy atom. The smallest absolute Gasteiger partial charge is 0.407 e. The number of rotatable bonds is 6. The van der Waals surface area contributed by atoms with Gasteiger partial charge in [-0.05, 0) is 86.2 Å². The number of hydrogen-bond acceptors (Lipinski definition) is 9. The van der Waals surface area contributed by atoms with E-state index in [1.807, 2.05) is 0 Å². The largest absolute Gasteiger partial charge is 0.462 e. The minimum atomic E-state index is -1.02. The van der Waals surface area contributed by atoms with Crippen LogP contribution in [0.3, 0.4) is 0 Å². The molecular formula is C33H48N2O8. The number of nitrogens with one attached hydrogen (secondary N) is 1. The summed E-state index contributed by atoms with van der Waals surface area (Å²) in [6, 6.07) is 3.15. The van der Waals surface area contributed by atoms with Crippen molar-refractivity contribution < 1.29 is 33.7 Å². The van der Waals surface area contributed by atoms with Crippen LogP contribution in [0.1, 0.15) is 90.0 Å². The van der Waals surface area contributed by atoms with Crippen molar-refractivity contribution in [1.29, 1.82) is 0 Å². The SMILES string of the molecule is CC(=O)OC1CC2(O)C3CCC4CC(OC(=O)NCCN5CCC(O)C5)CCC4(C)C3CCC2(C)C1c1ccc(=O)oc1. The van der Waals surface area contributed by atoms with E-state index in [0.717, 1.165) is 63.5 Å². The second-order valence-electron chi connectivity index (χ2n) is 14.6. The molecule has 5 aliphatic rings. The van der Waals surface area contributed by atoms with E-state index in [1.54, 1.807) is 6.07 Å². The maximum Gasteiger partial charge on any atom is 0.407 e. The zero-order chi connectivity index (χ0) is 30.6. The molecule has 238 valence electrons. The fourth-order valence-electron chi connectivity index (χ4n) is 10.3. The van der Waals surface area contributed by atoms with Gasteiger partial charge in [0.1, 0.15) is 12.2 Å². The van der Waals surface area contributed by atoms with Gasteiger partial charge in [0.15, 0.2) is 0 Å². The summed E-state index contributed by atoms with van der Waals surface area (Å²) >= 11 is 0. The van der Waals surface area contributed by atoms with Gasteiger partial charge in [0.25, 0.3) is 0 Å². The Kier molecular flexibility index (Phi) is 8.18. The zero-order valence-electron chi connectivity index (χ0n) is 25.8. The summed E-state index contributed by atoms with van der Waals surface area (Å²) in [7, 11) is 0. The van der Waals surface area contributed by atoms with E-state index in [-0.39, 0.29) is 41.5 Å². The summed E-state index contributed by atoms with van der Waals surface area (Å²) in [5.74, 6) is 0.152. The van der Waals surface area contributed by atoms with Crippen LogP contribution in [-0.4, -0.2) is 77.3 Å².